The third kappa shape index (κ3) is 3.69. The Labute approximate surface area is 121 Å². The van der Waals surface area contributed by atoms with Crippen molar-refractivity contribution in [1.29, 1.82) is 0 Å². The number of halogens is 3. The van der Waals surface area contributed by atoms with Crippen molar-refractivity contribution in [2.75, 3.05) is 0 Å². The molecule has 1 aromatic rings. The summed E-state index contributed by atoms with van der Waals surface area (Å²) in [6, 6.07) is 3.23. The molecular formula is C14H19BrClFO. The monoisotopic (exact) mass is 336 g/mol. The minimum absolute atomic E-state index is 0.0231. The Morgan fingerprint density at radius 1 is 1.39 bits per heavy atom. The molecule has 1 rings (SSSR count). The van der Waals surface area contributed by atoms with E-state index in [1.54, 1.807) is 12.1 Å². The quantitative estimate of drug-likeness (QED) is 0.737. The first kappa shape index (κ1) is 15.9. The van der Waals surface area contributed by atoms with Crippen LogP contribution in [-0.2, 0) is 0 Å². The van der Waals surface area contributed by atoms with Gasteiger partial charge in [0.2, 0.25) is 0 Å². The van der Waals surface area contributed by atoms with Crippen molar-refractivity contribution in [2.24, 2.45) is 11.3 Å². The van der Waals surface area contributed by atoms with E-state index in [1.807, 2.05) is 0 Å². The van der Waals surface area contributed by atoms with Gasteiger partial charge in [-0.2, -0.15) is 0 Å². The fraction of sp³-hybridized carbons (Fsp3) is 0.571. The van der Waals surface area contributed by atoms with E-state index in [0.717, 1.165) is 0 Å². The largest absolute Gasteiger partial charge is 0.388 e. The van der Waals surface area contributed by atoms with Gasteiger partial charge in [-0.3, -0.25) is 0 Å². The maximum absolute atomic E-state index is 13.9. The summed E-state index contributed by atoms with van der Waals surface area (Å²) >= 11 is 8.98. The van der Waals surface area contributed by atoms with E-state index in [2.05, 4.69) is 43.6 Å². The van der Waals surface area contributed by atoms with Gasteiger partial charge in [0, 0.05) is 10.0 Å². The molecular weight excluding hydrogens is 319 g/mol. The van der Waals surface area contributed by atoms with Crippen LogP contribution in [0.5, 0.6) is 0 Å². The first-order valence-corrected chi connectivity index (χ1v) is 7.13. The van der Waals surface area contributed by atoms with Gasteiger partial charge >= 0.3 is 0 Å². The van der Waals surface area contributed by atoms with Crippen molar-refractivity contribution in [3.63, 3.8) is 0 Å². The lowest BCUT2D eigenvalue weighted by atomic mass is 9.78. The third-order valence-corrected chi connectivity index (χ3v) is 4.74. The van der Waals surface area contributed by atoms with Crippen LogP contribution in [-0.4, -0.2) is 5.11 Å². The minimum atomic E-state index is -0.829. The van der Waals surface area contributed by atoms with Crippen molar-refractivity contribution in [2.45, 2.75) is 40.2 Å². The van der Waals surface area contributed by atoms with E-state index in [4.69, 9.17) is 11.6 Å². The second-order valence-electron chi connectivity index (χ2n) is 5.78. The first-order valence-electron chi connectivity index (χ1n) is 5.96. The van der Waals surface area contributed by atoms with Crippen molar-refractivity contribution in [3.8, 4) is 0 Å². The van der Waals surface area contributed by atoms with Crippen LogP contribution in [0.1, 0.15) is 45.8 Å². The number of rotatable bonds is 3. The molecule has 0 heterocycles. The molecule has 102 valence electrons. The molecule has 0 aliphatic heterocycles. The standard InChI is InChI=1S/C14H19BrClFO/c1-8(14(2,3)4)7-11(18)9-5-6-10(15)12(16)13(9)17/h5-6,8,11,18H,7H2,1-4H3. The predicted molar refractivity (Wildman–Crippen MR) is 77.3 cm³/mol. The zero-order valence-corrected chi connectivity index (χ0v) is 13.4. The topological polar surface area (TPSA) is 20.2 Å². The van der Waals surface area contributed by atoms with Crippen LogP contribution in [0.15, 0.2) is 16.6 Å². The van der Waals surface area contributed by atoms with Crippen LogP contribution < -0.4 is 0 Å². The lowest BCUT2D eigenvalue weighted by Crippen LogP contribution is -2.20. The summed E-state index contributed by atoms with van der Waals surface area (Å²) in [4.78, 5) is 0. The molecule has 0 spiro atoms. The molecule has 4 heteroatoms. The fourth-order valence-corrected chi connectivity index (χ4v) is 2.09. The number of aliphatic hydroxyl groups excluding tert-OH is 1. The predicted octanol–water partition coefficient (Wildman–Crippen LogP) is 5.35. The van der Waals surface area contributed by atoms with E-state index in [0.29, 0.717) is 10.9 Å². The Morgan fingerprint density at radius 2 is 1.94 bits per heavy atom. The Balaban J connectivity index is 2.92. The molecule has 0 amide bonds. The summed E-state index contributed by atoms with van der Waals surface area (Å²) in [6.07, 6.45) is -0.317. The molecule has 0 aromatic heterocycles. The van der Waals surface area contributed by atoms with Gasteiger partial charge in [0.15, 0.2) is 0 Å². The van der Waals surface area contributed by atoms with Gasteiger partial charge in [-0.25, -0.2) is 4.39 Å². The summed E-state index contributed by atoms with van der Waals surface area (Å²) < 4.78 is 14.4. The molecule has 1 N–H and O–H groups in total. The fourth-order valence-electron chi connectivity index (χ4n) is 1.61. The van der Waals surface area contributed by atoms with Crippen LogP contribution in [0, 0.1) is 17.2 Å². The Bertz CT molecular complexity index is 429. The average molecular weight is 338 g/mol. The lowest BCUT2D eigenvalue weighted by Gasteiger charge is -2.29. The van der Waals surface area contributed by atoms with Crippen LogP contribution in [0.3, 0.4) is 0 Å². The average Bonchev–Trinajstić information content (AvgIpc) is 2.24. The van der Waals surface area contributed by atoms with Gasteiger partial charge in [-0.05, 0) is 39.8 Å². The summed E-state index contributed by atoms with van der Waals surface area (Å²) in [5, 5.41) is 10.2. The van der Waals surface area contributed by atoms with Crippen LogP contribution in [0.2, 0.25) is 5.02 Å². The lowest BCUT2D eigenvalue weighted by molar-refractivity contribution is 0.108. The molecule has 0 radical (unpaired) electrons. The van der Waals surface area contributed by atoms with E-state index in [1.165, 1.54) is 0 Å². The van der Waals surface area contributed by atoms with E-state index < -0.39 is 11.9 Å². The molecule has 0 saturated heterocycles. The molecule has 2 unspecified atom stereocenters. The van der Waals surface area contributed by atoms with Crippen molar-refractivity contribution >= 4 is 27.5 Å². The molecule has 0 aliphatic rings. The summed E-state index contributed by atoms with van der Waals surface area (Å²) in [5.74, 6) is -0.269. The van der Waals surface area contributed by atoms with E-state index in [-0.39, 0.29) is 21.9 Å². The molecule has 1 nitrogen and oxygen atoms in total. The van der Waals surface area contributed by atoms with Crippen LogP contribution in [0.4, 0.5) is 4.39 Å². The van der Waals surface area contributed by atoms with Gasteiger partial charge in [0.25, 0.3) is 0 Å². The first-order chi connectivity index (χ1) is 8.14. The maximum atomic E-state index is 13.9. The smallest absolute Gasteiger partial charge is 0.148 e. The normalized spacial score (nSPS) is 15.6. The van der Waals surface area contributed by atoms with Crippen LogP contribution in [0.25, 0.3) is 0 Å². The molecule has 0 saturated carbocycles. The van der Waals surface area contributed by atoms with Crippen molar-refractivity contribution in [1.82, 2.24) is 0 Å². The Morgan fingerprint density at radius 3 is 2.44 bits per heavy atom. The number of hydrogen-bond acceptors (Lipinski definition) is 1. The third-order valence-electron chi connectivity index (χ3n) is 3.48. The second-order valence-corrected chi connectivity index (χ2v) is 7.02. The minimum Gasteiger partial charge on any atom is -0.388 e. The Kier molecular flexibility index (Phi) is 5.22. The second kappa shape index (κ2) is 5.89. The number of benzene rings is 1. The highest BCUT2D eigenvalue weighted by molar-refractivity contribution is 9.10. The number of hydrogen-bond donors (Lipinski definition) is 1. The molecule has 0 bridgehead atoms. The molecule has 18 heavy (non-hydrogen) atoms. The molecule has 0 fully saturated rings. The highest BCUT2D eigenvalue weighted by atomic mass is 79.9. The highest BCUT2D eigenvalue weighted by Crippen LogP contribution is 2.36. The van der Waals surface area contributed by atoms with Gasteiger partial charge < -0.3 is 5.11 Å². The van der Waals surface area contributed by atoms with Gasteiger partial charge in [0.05, 0.1) is 11.1 Å². The molecule has 0 aliphatic carbocycles. The Hall–Kier alpha value is -0.120. The molecule has 1 aromatic carbocycles. The SMILES string of the molecule is CC(CC(O)c1ccc(Br)c(Cl)c1F)C(C)(C)C. The van der Waals surface area contributed by atoms with Gasteiger partial charge in [-0.1, -0.05) is 45.4 Å². The van der Waals surface area contributed by atoms with E-state index in [9.17, 15) is 9.50 Å². The maximum Gasteiger partial charge on any atom is 0.148 e. The number of aliphatic hydroxyl groups is 1. The van der Waals surface area contributed by atoms with Crippen molar-refractivity contribution in [3.05, 3.63) is 33.0 Å². The summed E-state index contributed by atoms with van der Waals surface area (Å²) in [5.41, 5.74) is 0.343. The highest BCUT2D eigenvalue weighted by Gasteiger charge is 2.25. The van der Waals surface area contributed by atoms with E-state index >= 15 is 0 Å². The summed E-state index contributed by atoms with van der Waals surface area (Å²) in [7, 11) is 0. The summed E-state index contributed by atoms with van der Waals surface area (Å²) in [6.45, 7) is 8.38. The van der Waals surface area contributed by atoms with Gasteiger partial charge in [-0.15, -0.1) is 0 Å². The van der Waals surface area contributed by atoms with Gasteiger partial charge in [0.1, 0.15) is 5.82 Å². The zero-order valence-electron chi connectivity index (χ0n) is 11.1. The van der Waals surface area contributed by atoms with Crippen LogP contribution >= 0.6 is 27.5 Å². The zero-order chi connectivity index (χ0) is 14.1. The van der Waals surface area contributed by atoms with Crippen molar-refractivity contribution < 1.29 is 9.50 Å². The molecule has 2 atom stereocenters.